The number of hydrogen-bond acceptors (Lipinski definition) is 4. The number of hydrogen-bond donors (Lipinski definition) is 2. The first-order valence-electron chi connectivity index (χ1n) is 6.28. The highest BCUT2D eigenvalue weighted by molar-refractivity contribution is 7.99. The van der Waals surface area contributed by atoms with Crippen molar-refractivity contribution in [2.45, 2.75) is 39.8 Å². The molecule has 1 aromatic heterocycles. The summed E-state index contributed by atoms with van der Waals surface area (Å²) in [6.07, 6.45) is 1.18. The van der Waals surface area contributed by atoms with Crippen LogP contribution in [0.3, 0.4) is 0 Å². The third kappa shape index (κ3) is 5.89. The maximum Gasteiger partial charge on any atom is 0.221 e. The predicted octanol–water partition coefficient (Wildman–Crippen LogP) is 3.33. The van der Waals surface area contributed by atoms with Crippen LogP contribution in [0.15, 0.2) is 11.4 Å². The molecule has 1 heterocycles. The predicted molar refractivity (Wildman–Crippen MR) is 82.5 cm³/mol. The van der Waals surface area contributed by atoms with E-state index in [1.807, 2.05) is 23.2 Å². The summed E-state index contributed by atoms with van der Waals surface area (Å²) in [6.45, 7) is 6.76. The molecule has 1 aromatic rings. The van der Waals surface area contributed by atoms with E-state index in [4.69, 9.17) is 0 Å². The molecule has 0 saturated heterocycles. The summed E-state index contributed by atoms with van der Waals surface area (Å²) in [4.78, 5) is 12.2. The van der Waals surface area contributed by atoms with Crippen molar-refractivity contribution in [1.82, 2.24) is 5.32 Å². The Balaban J connectivity index is 2.34. The second-order valence-electron chi connectivity index (χ2n) is 4.21. The highest BCUT2D eigenvalue weighted by Crippen LogP contribution is 2.22. The molecule has 0 aliphatic carbocycles. The third-order valence-corrected chi connectivity index (χ3v) is 4.42. The zero-order valence-corrected chi connectivity index (χ0v) is 12.9. The summed E-state index contributed by atoms with van der Waals surface area (Å²) in [6, 6.07) is 2.47. The summed E-state index contributed by atoms with van der Waals surface area (Å²) < 4.78 is 0. The lowest BCUT2D eigenvalue weighted by Gasteiger charge is -2.13. The summed E-state index contributed by atoms with van der Waals surface area (Å²) >= 11 is 3.66. The minimum absolute atomic E-state index is 0.0120. The lowest BCUT2D eigenvalue weighted by molar-refractivity contribution is -0.114. The van der Waals surface area contributed by atoms with E-state index in [1.165, 1.54) is 22.8 Å². The lowest BCUT2D eigenvalue weighted by atomic mass is 10.2. The smallest absolute Gasteiger partial charge is 0.221 e. The van der Waals surface area contributed by atoms with Crippen LogP contribution in [0, 0.1) is 0 Å². The van der Waals surface area contributed by atoms with Gasteiger partial charge in [0.15, 0.2) is 0 Å². The van der Waals surface area contributed by atoms with Crippen molar-refractivity contribution in [2.24, 2.45) is 0 Å². The van der Waals surface area contributed by atoms with E-state index in [1.54, 1.807) is 18.3 Å². The van der Waals surface area contributed by atoms with E-state index in [0.717, 1.165) is 12.2 Å². The summed E-state index contributed by atoms with van der Waals surface area (Å²) in [5, 5.41) is 8.37. The van der Waals surface area contributed by atoms with Crippen LogP contribution in [0.2, 0.25) is 0 Å². The van der Waals surface area contributed by atoms with Crippen molar-refractivity contribution in [1.29, 1.82) is 0 Å². The SMILES string of the molecule is CCSCCC(C)NCc1sccc1NC(C)=O. The normalized spacial score (nSPS) is 12.4. The molecule has 0 aliphatic rings. The highest BCUT2D eigenvalue weighted by Gasteiger charge is 2.07. The van der Waals surface area contributed by atoms with Crippen LogP contribution in [0.25, 0.3) is 0 Å². The fourth-order valence-electron chi connectivity index (χ4n) is 1.55. The molecule has 0 bridgehead atoms. The maximum absolute atomic E-state index is 11.0. The number of thiophene rings is 1. The van der Waals surface area contributed by atoms with Crippen molar-refractivity contribution < 1.29 is 4.79 Å². The second-order valence-corrected chi connectivity index (χ2v) is 6.60. The van der Waals surface area contributed by atoms with Gasteiger partial charge < -0.3 is 10.6 Å². The first kappa shape index (κ1) is 15.5. The molecule has 0 fully saturated rings. The number of anilines is 1. The fourth-order valence-corrected chi connectivity index (χ4v) is 3.14. The highest BCUT2D eigenvalue weighted by atomic mass is 32.2. The first-order chi connectivity index (χ1) is 8.63. The molecule has 5 heteroatoms. The number of carbonyl (C=O) groups is 1. The van der Waals surface area contributed by atoms with Gasteiger partial charge in [-0.2, -0.15) is 11.8 Å². The van der Waals surface area contributed by atoms with E-state index >= 15 is 0 Å². The van der Waals surface area contributed by atoms with Crippen LogP contribution in [0.4, 0.5) is 5.69 Å². The van der Waals surface area contributed by atoms with Gasteiger partial charge in [-0.3, -0.25) is 4.79 Å². The van der Waals surface area contributed by atoms with Crippen molar-refractivity contribution in [3.05, 3.63) is 16.3 Å². The molecule has 1 amide bonds. The summed E-state index contributed by atoms with van der Waals surface area (Å²) in [5.41, 5.74) is 0.940. The zero-order chi connectivity index (χ0) is 13.4. The van der Waals surface area contributed by atoms with Gasteiger partial charge in [-0.25, -0.2) is 0 Å². The van der Waals surface area contributed by atoms with Crippen LogP contribution in [0.1, 0.15) is 32.1 Å². The molecule has 0 aromatic carbocycles. The monoisotopic (exact) mass is 286 g/mol. The van der Waals surface area contributed by atoms with Crippen molar-refractivity contribution >= 4 is 34.7 Å². The van der Waals surface area contributed by atoms with Gasteiger partial charge in [0.1, 0.15) is 0 Å². The number of thioether (sulfide) groups is 1. The van der Waals surface area contributed by atoms with E-state index < -0.39 is 0 Å². The van der Waals surface area contributed by atoms with E-state index in [0.29, 0.717) is 6.04 Å². The van der Waals surface area contributed by atoms with Crippen LogP contribution >= 0.6 is 23.1 Å². The molecule has 0 radical (unpaired) electrons. The van der Waals surface area contributed by atoms with Crippen LogP contribution < -0.4 is 10.6 Å². The fraction of sp³-hybridized carbons (Fsp3) is 0.615. The van der Waals surface area contributed by atoms with Gasteiger partial charge in [0, 0.05) is 24.4 Å². The summed E-state index contributed by atoms with van der Waals surface area (Å²) in [7, 11) is 0. The quantitative estimate of drug-likeness (QED) is 0.720. The van der Waals surface area contributed by atoms with Gasteiger partial charge >= 0.3 is 0 Å². The topological polar surface area (TPSA) is 41.1 Å². The number of amides is 1. The molecule has 1 unspecified atom stereocenters. The Bertz CT molecular complexity index is 366. The molecule has 0 spiro atoms. The lowest BCUT2D eigenvalue weighted by Crippen LogP contribution is -2.26. The molecular formula is C13H22N2OS2. The van der Waals surface area contributed by atoms with Crippen molar-refractivity contribution in [3.8, 4) is 0 Å². The Morgan fingerprint density at radius 3 is 3.00 bits per heavy atom. The Morgan fingerprint density at radius 1 is 1.56 bits per heavy atom. The van der Waals surface area contributed by atoms with Crippen molar-refractivity contribution in [2.75, 3.05) is 16.8 Å². The van der Waals surface area contributed by atoms with Crippen LogP contribution in [0.5, 0.6) is 0 Å². The van der Waals surface area contributed by atoms with Gasteiger partial charge in [0.25, 0.3) is 0 Å². The standard InChI is InChI=1S/C13H22N2OS2/c1-4-17-7-5-10(2)14-9-13-12(6-8-18-13)15-11(3)16/h6,8,10,14H,4-5,7,9H2,1-3H3,(H,15,16). The van der Waals surface area contributed by atoms with Gasteiger partial charge in [0.05, 0.1) is 5.69 Å². The summed E-state index contributed by atoms with van der Waals surface area (Å²) in [5.74, 6) is 2.37. The molecule has 1 atom stereocenters. The third-order valence-electron chi connectivity index (χ3n) is 2.57. The molecule has 0 saturated carbocycles. The van der Waals surface area contributed by atoms with Gasteiger partial charge in [-0.15, -0.1) is 11.3 Å². The number of rotatable bonds is 8. The average Bonchev–Trinajstić information content (AvgIpc) is 2.73. The zero-order valence-electron chi connectivity index (χ0n) is 11.3. The molecule has 1 rings (SSSR count). The maximum atomic E-state index is 11.0. The molecule has 2 N–H and O–H groups in total. The molecule has 0 aliphatic heterocycles. The Hall–Kier alpha value is -0.520. The van der Waals surface area contributed by atoms with Crippen LogP contribution in [-0.4, -0.2) is 23.5 Å². The van der Waals surface area contributed by atoms with Crippen LogP contribution in [-0.2, 0) is 11.3 Å². The minimum Gasteiger partial charge on any atom is -0.325 e. The second kappa shape index (κ2) is 8.56. The Morgan fingerprint density at radius 2 is 2.33 bits per heavy atom. The van der Waals surface area contributed by atoms with E-state index in [2.05, 4.69) is 24.5 Å². The molecule has 18 heavy (non-hydrogen) atoms. The minimum atomic E-state index is -0.0120. The average molecular weight is 286 g/mol. The van der Waals surface area contributed by atoms with E-state index in [-0.39, 0.29) is 5.91 Å². The Labute approximate surface area is 118 Å². The number of nitrogens with one attached hydrogen (secondary N) is 2. The molecule has 3 nitrogen and oxygen atoms in total. The number of carbonyl (C=O) groups excluding carboxylic acids is 1. The van der Waals surface area contributed by atoms with Gasteiger partial charge in [-0.1, -0.05) is 6.92 Å². The van der Waals surface area contributed by atoms with Crippen molar-refractivity contribution in [3.63, 3.8) is 0 Å². The van der Waals surface area contributed by atoms with Gasteiger partial charge in [-0.05, 0) is 36.3 Å². The van der Waals surface area contributed by atoms with E-state index in [9.17, 15) is 4.79 Å². The Kier molecular flexibility index (Phi) is 7.39. The van der Waals surface area contributed by atoms with Gasteiger partial charge in [0.2, 0.25) is 5.91 Å². The first-order valence-corrected chi connectivity index (χ1v) is 8.32. The molecular weight excluding hydrogens is 264 g/mol. The largest absolute Gasteiger partial charge is 0.325 e. The molecule has 102 valence electrons.